The van der Waals surface area contributed by atoms with Crippen LogP contribution in [0.2, 0.25) is 0 Å². The lowest BCUT2D eigenvalue weighted by atomic mass is 9.90. The normalized spacial score (nSPS) is 13.0. The molecule has 0 saturated heterocycles. The molecule has 0 saturated carbocycles. The Morgan fingerprint density at radius 1 is 0.650 bits per heavy atom. The van der Waals surface area contributed by atoms with E-state index in [1.54, 1.807) is 59.9 Å². The van der Waals surface area contributed by atoms with Crippen LogP contribution in [0.3, 0.4) is 0 Å². The van der Waals surface area contributed by atoms with E-state index in [0.717, 1.165) is 22.0 Å². The van der Waals surface area contributed by atoms with Crippen molar-refractivity contribution in [2.24, 2.45) is 5.92 Å². The molecule has 0 fully saturated rings. The minimum Gasteiger partial charge on any atom is -0.461 e. The predicted octanol–water partition coefficient (Wildman–Crippen LogP) is 8.43. The molecule has 0 aliphatic heterocycles. The third-order valence-electron chi connectivity index (χ3n) is 9.24. The number of nitrogens with zero attached hydrogens (tertiary/aromatic N) is 1. The lowest BCUT2D eigenvalue weighted by Gasteiger charge is -2.25. The number of hydrogen-bond donors (Lipinski definition) is 3. The summed E-state index contributed by atoms with van der Waals surface area (Å²) in [5, 5.41) is 9.01. The molecule has 0 spiro atoms. The predicted molar refractivity (Wildman–Crippen MR) is 229 cm³/mol. The molecule has 0 unspecified atom stereocenters. The number of Topliss-reactive ketones (excluding diaryl/α,β-unsaturated/α-hetero) is 2. The number of ether oxygens (including phenoxy) is 3. The van der Waals surface area contributed by atoms with E-state index >= 15 is 0 Å². The van der Waals surface area contributed by atoms with Crippen molar-refractivity contribution >= 4 is 52.2 Å². The molecule has 0 radical (unpaired) electrons. The van der Waals surface area contributed by atoms with Gasteiger partial charge in [-0.1, -0.05) is 85.3 Å². The Balaban J connectivity index is 1.45. The van der Waals surface area contributed by atoms with Gasteiger partial charge in [0.2, 0.25) is 5.91 Å². The van der Waals surface area contributed by atoms with Crippen LogP contribution in [-0.4, -0.2) is 63.9 Å². The van der Waals surface area contributed by atoms with Gasteiger partial charge in [0.1, 0.15) is 23.9 Å². The quantitative estimate of drug-likeness (QED) is 0.0445. The number of rotatable bonds is 20. The topological polar surface area (TPSA) is 179 Å². The van der Waals surface area contributed by atoms with E-state index in [1.165, 1.54) is 0 Å². The van der Waals surface area contributed by atoms with E-state index in [-0.39, 0.29) is 44.0 Å². The molecule has 320 valence electrons. The second kappa shape index (κ2) is 22.3. The first-order chi connectivity index (χ1) is 28.4. The number of hydrogen-bond acceptors (Lipinski definition) is 10. The number of benzene rings is 3. The molecule has 4 aromatic rings. The molecule has 1 heterocycles. The zero-order valence-electron chi connectivity index (χ0n) is 35.5. The minimum atomic E-state index is -1.22. The molecule has 3 atom stereocenters. The second-order valence-corrected chi connectivity index (χ2v) is 16.8. The summed E-state index contributed by atoms with van der Waals surface area (Å²) < 4.78 is 16.2. The van der Waals surface area contributed by atoms with E-state index in [0.29, 0.717) is 24.9 Å². The summed E-state index contributed by atoms with van der Waals surface area (Å²) in [5.41, 5.74) is 1.36. The Kier molecular flexibility index (Phi) is 17.3. The van der Waals surface area contributed by atoms with Crippen LogP contribution in [0, 0.1) is 5.92 Å². The number of aryl methyl sites for hydroxylation is 1. The molecule has 0 bridgehead atoms. The van der Waals surface area contributed by atoms with Gasteiger partial charge in [0.15, 0.2) is 11.6 Å². The van der Waals surface area contributed by atoms with Gasteiger partial charge >= 0.3 is 18.2 Å². The van der Waals surface area contributed by atoms with Crippen molar-refractivity contribution < 1.29 is 43.0 Å². The van der Waals surface area contributed by atoms with Crippen molar-refractivity contribution in [3.05, 3.63) is 108 Å². The molecule has 60 heavy (non-hydrogen) atoms. The molecule has 3 amide bonds. The van der Waals surface area contributed by atoms with Crippen LogP contribution in [0.25, 0.3) is 10.9 Å². The minimum absolute atomic E-state index is 0.00249. The maximum Gasteiger partial charge on any atom is 0.408 e. The molecule has 0 aliphatic rings. The zero-order valence-corrected chi connectivity index (χ0v) is 35.5. The molecule has 0 aliphatic carbocycles. The maximum atomic E-state index is 14.1. The monoisotopic (exact) mass is 822 g/mol. The number of amides is 3. The smallest absolute Gasteiger partial charge is 0.408 e. The number of unbranched alkanes of at least 4 members (excludes halogenated alkanes) is 1. The van der Waals surface area contributed by atoms with Gasteiger partial charge in [0.05, 0.1) is 29.9 Å². The van der Waals surface area contributed by atoms with E-state index in [2.05, 4.69) is 20.9 Å². The molecular weight excluding hydrogens is 765 g/mol. The van der Waals surface area contributed by atoms with E-state index in [1.807, 2.05) is 78.9 Å². The van der Waals surface area contributed by atoms with Crippen LogP contribution in [-0.2, 0) is 46.4 Å². The number of carbonyl (C=O) groups is 6. The number of nitrogens with one attached hydrogen (secondary N) is 3. The summed E-state index contributed by atoms with van der Waals surface area (Å²) in [7, 11) is 0. The highest BCUT2D eigenvalue weighted by atomic mass is 16.6. The van der Waals surface area contributed by atoms with Crippen LogP contribution in [0.5, 0.6) is 0 Å². The standard InChI is InChI=1S/C47H58N4O9/c1-46(2,3)59-44(56)50-38(23-15-16-24-40(52)39(51-45(57)60-47(4,5)6)29-42(54)58-31-33-19-11-8-12-20-33)41(53)28-35(26-25-32-17-9-7-10-18-32)43(55)49-36-27-34-21-13-14-22-37(34)48-30-36/h7-14,17-22,27,30,35,38-39H,15-16,23-26,28-29,31H2,1-6H3,(H,49,55)(H,50,56)(H,51,57)/t35-,38-,39+/m0/s1. The van der Waals surface area contributed by atoms with Crippen molar-refractivity contribution in [2.45, 2.75) is 123 Å². The van der Waals surface area contributed by atoms with Gasteiger partial charge < -0.3 is 30.2 Å². The molecule has 13 heteroatoms. The highest BCUT2D eigenvalue weighted by Gasteiger charge is 2.31. The van der Waals surface area contributed by atoms with E-state index in [4.69, 9.17) is 14.2 Å². The first-order valence-corrected chi connectivity index (χ1v) is 20.4. The Bertz CT molecular complexity index is 2060. The van der Waals surface area contributed by atoms with Crippen LogP contribution < -0.4 is 16.0 Å². The lowest BCUT2D eigenvalue weighted by Crippen LogP contribution is -2.45. The molecule has 1 aromatic heterocycles. The third kappa shape index (κ3) is 17.0. The van der Waals surface area contributed by atoms with Crippen LogP contribution in [0.1, 0.15) is 97.6 Å². The summed E-state index contributed by atoms with van der Waals surface area (Å²) in [4.78, 5) is 84.5. The van der Waals surface area contributed by atoms with Crippen molar-refractivity contribution in [1.29, 1.82) is 0 Å². The number of carbonyl (C=O) groups excluding carboxylic acids is 6. The van der Waals surface area contributed by atoms with Crippen molar-refractivity contribution in [3.63, 3.8) is 0 Å². The number of para-hydroxylation sites is 1. The van der Waals surface area contributed by atoms with Crippen molar-refractivity contribution in [2.75, 3.05) is 5.32 Å². The first kappa shape index (κ1) is 46.6. The highest BCUT2D eigenvalue weighted by Crippen LogP contribution is 2.22. The Morgan fingerprint density at radius 3 is 1.87 bits per heavy atom. The van der Waals surface area contributed by atoms with Gasteiger partial charge in [-0.25, -0.2) is 9.59 Å². The Hall–Kier alpha value is -6.11. The molecule has 4 rings (SSSR count). The van der Waals surface area contributed by atoms with Gasteiger partial charge in [-0.05, 0) is 90.5 Å². The average molecular weight is 823 g/mol. The number of fused-ring (bicyclic) bond motifs is 1. The molecular formula is C47H58N4O9. The van der Waals surface area contributed by atoms with E-state index < -0.39 is 59.6 Å². The highest BCUT2D eigenvalue weighted by molar-refractivity contribution is 5.98. The molecule has 3 N–H and O–H groups in total. The SMILES string of the molecule is CC(C)(C)OC(=O)N[C@@H](CCCCC(=O)[C@@H](CC(=O)OCc1ccccc1)NC(=O)OC(C)(C)C)C(=O)C[C@H](CCc1ccccc1)C(=O)Nc1cnc2ccccc2c1. The number of alkyl carbamates (subject to hydrolysis) is 2. The van der Waals surface area contributed by atoms with E-state index in [9.17, 15) is 28.8 Å². The number of esters is 1. The van der Waals surface area contributed by atoms with Crippen LogP contribution in [0.15, 0.2) is 97.2 Å². The summed E-state index contributed by atoms with van der Waals surface area (Å²) in [6, 6.07) is 25.8. The first-order valence-electron chi connectivity index (χ1n) is 20.4. The maximum absolute atomic E-state index is 14.1. The largest absolute Gasteiger partial charge is 0.461 e. The summed E-state index contributed by atoms with van der Waals surface area (Å²) in [5.74, 6) is -2.59. The number of anilines is 1. The molecule has 13 nitrogen and oxygen atoms in total. The fraction of sp³-hybridized carbons (Fsp3) is 0.426. The van der Waals surface area contributed by atoms with Crippen molar-refractivity contribution in [3.8, 4) is 0 Å². The fourth-order valence-electron chi connectivity index (χ4n) is 6.32. The third-order valence-corrected chi connectivity index (χ3v) is 9.24. The summed E-state index contributed by atoms with van der Waals surface area (Å²) >= 11 is 0. The number of ketones is 2. The van der Waals surface area contributed by atoms with Gasteiger partial charge in [-0.2, -0.15) is 0 Å². The number of aromatic nitrogens is 1. The summed E-state index contributed by atoms with van der Waals surface area (Å²) in [6.45, 7) is 10.2. The Labute approximate surface area is 352 Å². The van der Waals surface area contributed by atoms with Gasteiger partial charge in [0.25, 0.3) is 0 Å². The average Bonchev–Trinajstić information content (AvgIpc) is 3.18. The fourth-order valence-corrected chi connectivity index (χ4v) is 6.32. The van der Waals surface area contributed by atoms with Gasteiger partial charge in [0, 0.05) is 24.1 Å². The lowest BCUT2D eigenvalue weighted by molar-refractivity contribution is -0.146. The van der Waals surface area contributed by atoms with Crippen molar-refractivity contribution in [1.82, 2.24) is 15.6 Å². The second-order valence-electron chi connectivity index (χ2n) is 16.8. The number of pyridine rings is 1. The molecule has 3 aromatic carbocycles. The van der Waals surface area contributed by atoms with Crippen LogP contribution >= 0.6 is 0 Å². The van der Waals surface area contributed by atoms with Gasteiger partial charge in [-0.3, -0.25) is 24.2 Å². The van der Waals surface area contributed by atoms with Crippen LogP contribution in [0.4, 0.5) is 15.3 Å². The Morgan fingerprint density at radius 2 is 1.23 bits per heavy atom. The van der Waals surface area contributed by atoms with Gasteiger partial charge in [-0.15, -0.1) is 0 Å². The summed E-state index contributed by atoms with van der Waals surface area (Å²) in [6.07, 6.45) is 0.884. The zero-order chi connectivity index (χ0) is 43.7.